The van der Waals surface area contributed by atoms with Gasteiger partial charge in [-0.15, -0.1) is 0 Å². The van der Waals surface area contributed by atoms with Crippen molar-refractivity contribution in [3.05, 3.63) is 76.9 Å². The molecule has 1 aromatic carbocycles. The van der Waals surface area contributed by atoms with Gasteiger partial charge in [0.1, 0.15) is 23.4 Å². The molecule has 3 aromatic rings. The molecule has 2 aliphatic rings. The maximum atomic E-state index is 14.2. The molecule has 2 aromatic heterocycles. The first-order chi connectivity index (χ1) is 17.8. The lowest BCUT2D eigenvalue weighted by atomic mass is 9.96. The van der Waals surface area contributed by atoms with Crippen molar-refractivity contribution in [2.45, 2.75) is 44.7 Å². The zero-order valence-corrected chi connectivity index (χ0v) is 20.8. The third kappa shape index (κ3) is 5.02. The quantitative estimate of drug-likeness (QED) is 0.536. The van der Waals surface area contributed by atoms with Crippen LogP contribution in [0.15, 0.2) is 42.7 Å². The summed E-state index contributed by atoms with van der Waals surface area (Å²) < 4.78 is 28.4. The van der Waals surface area contributed by atoms with Gasteiger partial charge in [-0.25, -0.2) is 13.8 Å². The number of hydrogen-bond acceptors (Lipinski definition) is 6. The van der Waals surface area contributed by atoms with Crippen molar-refractivity contribution in [2.24, 2.45) is 0 Å². The van der Waals surface area contributed by atoms with Gasteiger partial charge in [0, 0.05) is 48.3 Å². The lowest BCUT2D eigenvalue weighted by Gasteiger charge is -2.28. The van der Waals surface area contributed by atoms with Crippen LogP contribution in [0.25, 0.3) is 11.1 Å². The number of hydrogen-bond donors (Lipinski definition) is 2. The summed E-state index contributed by atoms with van der Waals surface area (Å²) in [6, 6.07) is 8.46. The Morgan fingerprint density at radius 3 is 2.68 bits per heavy atom. The normalized spacial score (nSPS) is 19.7. The maximum absolute atomic E-state index is 14.2. The van der Waals surface area contributed by atoms with E-state index in [9.17, 15) is 18.8 Å². The summed E-state index contributed by atoms with van der Waals surface area (Å²) in [5.74, 6) is -1.75. The number of pyridine rings is 2. The first-order valence-corrected chi connectivity index (χ1v) is 12.4. The molecular formula is C28H28F2N6O. The van der Waals surface area contributed by atoms with Gasteiger partial charge >= 0.3 is 0 Å². The Morgan fingerprint density at radius 2 is 1.97 bits per heavy atom. The van der Waals surface area contributed by atoms with E-state index in [2.05, 4.69) is 25.5 Å². The van der Waals surface area contributed by atoms with E-state index in [-0.39, 0.29) is 17.1 Å². The Kier molecular flexibility index (Phi) is 6.61. The molecule has 0 bridgehead atoms. The molecule has 1 spiro atoms. The Morgan fingerprint density at radius 1 is 1.19 bits per heavy atom. The van der Waals surface area contributed by atoms with Crippen LogP contribution in [0.2, 0.25) is 0 Å². The second-order valence-electron chi connectivity index (χ2n) is 9.96. The second-order valence-corrected chi connectivity index (χ2v) is 9.96. The zero-order valence-electron chi connectivity index (χ0n) is 20.8. The molecule has 0 aliphatic carbocycles. The van der Waals surface area contributed by atoms with E-state index in [1.807, 2.05) is 19.1 Å². The summed E-state index contributed by atoms with van der Waals surface area (Å²) in [6.45, 7) is 5.97. The van der Waals surface area contributed by atoms with Gasteiger partial charge in [0.2, 0.25) is 0 Å². The van der Waals surface area contributed by atoms with E-state index in [4.69, 9.17) is 0 Å². The number of nitrogens with zero attached hydrogens (tertiary/aromatic N) is 4. The largest absolute Gasteiger partial charge is 0.368 e. The summed E-state index contributed by atoms with van der Waals surface area (Å²) in [6.07, 6.45) is 6.11. The SMILES string of the molecule is Cc1cc([C@@H](C)NC(=O)c2cncc(-c3cc(F)cc(F)c3)c2N2CC[C@@]3(CCCN3)C2)cc(C#N)n1. The molecule has 9 heteroatoms. The van der Waals surface area contributed by atoms with E-state index in [1.54, 1.807) is 19.2 Å². The number of benzene rings is 1. The molecule has 2 atom stereocenters. The van der Waals surface area contributed by atoms with Gasteiger partial charge in [0.15, 0.2) is 0 Å². The van der Waals surface area contributed by atoms with Crippen LogP contribution in [0, 0.1) is 29.9 Å². The van der Waals surface area contributed by atoms with Crippen molar-refractivity contribution in [3.8, 4) is 17.2 Å². The summed E-state index contributed by atoms with van der Waals surface area (Å²) in [5.41, 5.74) is 3.45. The van der Waals surface area contributed by atoms with Crippen LogP contribution in [0.4, 0.5) is 14.5 Å². The first-order valence-electron chi connectivity index (χ1n) is 12.4. The van der Waals surface area contributed by atoms with E-state index in [0.717, 1.165) is 37.4 Å². The predicted octanol–water partition coefficient (Wildman–Crippen LogP) is 4.43. The van der Waals surface area contributed by atoms with Gasteiger partial charge < -0.3 is 15.5 Å². The van der Waals surface area contributed by atoms with Gasteiger partial charge in [0.25, 0.3) is 5.91 Å². The van der Waals surface area contributed by atoms with Crippen molar-refractivity contribution in [3.63, 3.8) is 0 Å². The number of carbonyl (C=O) groups excluding carboxylic acids is 1. The second kappa shape index (κ2) is 9.87. The van der Waals surface area contributed by atoms with E-state index in [0.29, 0.717) is 41.2 Å². The Bertz CT molecular complexity index is 1380. The van der Waals surface area contributed by atoms with E-state index >= 15 is 0 Å². The van der Waals surface area contributed by atoms with Crippen LogP contribution in [0.3, 0.4) is 0 Å². The number of halogens is 2. The van der Waals surface area contributed by atoms with Gasteiger partial charge in [0.05, 0.1) is 17.3 Å². The molecule has 2 saturated heterocycles. The Balaban J connectivity index is 1.54. The minimum Gasteiger partial charge on any atom is -0.368 e. The Hall–Kier alpha value is -3.90. The molecule has 5 rings (SSSR count). The summed E-state index contributed by atoms with van der Waals surface area (Å²) in [5, 5.41) is 15.9. The molecule has 37 heavy (non-hydrogen) atoms. The average molecular weight is 503 g/mol. The third-order valence-corrected chi connectivity index (χ3v) is 7.28. The number of nitrogens with one attached hydrogen (secondary N) is 2. The minimum absolute atomic E-state index is 0.0307. The minimum atomic E-state index is -0.693. The van der Waals surface area contributed by atoms with E-state index < -0.39 is 17.7 Å². The van der Waals surface area contributed by atoms with Gasteiger partial charge in [-0.05, 0) is 75.0 Å². The average Bonchev–Trinajstić information content (AvgIpc) is 3.51. The third-order valence-electron chi connectivity index (χ3n) is 7.28. The van der Waals surface area contributed by atoms with Crippen LogP contribution in [0.1, 0.15) is 59.5 Å². The number of amides is 1. The van der Waals surface area contributed by atoms with Gasteiger partial charge in [-0.3, -0.25) is 9.78 Å². The van der Waals surface area contributed by atoms with Crippen LogP contribution in [-0.4, -0.2) is 41.0 Å². The number of aromatic nitrogens is 2. The highest BCUT2D eigenvalue weighted by Crippen LogP contribution is 2.40. The molecule has 190 valence electrons. The fourth-order valence-electron chi connectivity index (χ4n) is 5.52. The lowest BCUT2D eigenvalue weighted by Crippen LogP contribution is -2.42. The molecule has 0 unspecified atom stereocenters. The number of aryl methyl sites for hydroxylation is 1. The number of carbonyl (C=O) groups is 1. The highest BCUT2D eigenvalue weighted by atomic mass is 19.1. The van der Waals surface area contributed by atoms with Crippen LogP contribution in [-0.2, 0) is 0 Å². The molecule has 2 aliphatic heterocycles. The van der Waals surface area contributed by atoms with E-state index in [1.165, 1.54) is 18.3 Å². The van der Waals surface area contributed by atoms with Crippen molar-refractivity contribution in [1.82, 2.24) is 20.6 Å². The molecular weight excluding hydrogens is 474 g/mol. The molecule has 0 radical (unpaired) electrons. The van der Waals surface area contributed by atoms with Crippen LogP contribution >= 0.6 is 0 Å². The maximum Gasteiger partial charge on any atom is 0.255 e. The van der Waals surface area contributed by atoms with Crippen molar-refractivity contribution < 1.29 is 13.6 Å². The predicted molar refractivity (Wildman–Crippen MR) is 136 cm³/mol. The monoisotopic (exact) mass is 502 g/mol. The summed E-state index contributed by atoms with van der Waals surface area (Å²) >= 11 is 0. The summed E-state index contributed by atoms with van der Waals surface area (Å²) in [4.78, 5) is 24.2. The van der Waals surface area contributed by atoms with Crippen LogP contribution < -0.4 is 15.5 Å². The molecule has 4 heterocycles. The smallest absolute Gasteiger partial charge is 0.255 e. The zero-order chi connectivity index (χ0) is 26.2. The first kappa shape index (κ1) is 24.8. The van der Waals surface area contributed by atoms with Crippen LogP contribution in [0.5, 0.6) is 0 Å². The number of anilines is 1. The van der Waals surface area contributed by atoms with Gasteiger partial charge in [-0.2, -0.15) is 5.26 Å². The standard InChI is InChI=1S/C28H28F2N6O/c1-17-8-19(11-23(13-31)34-17)18(2)35-27(37)25-15-32-14-24(20-9-21(29)12-22(30)10-20)26(25)36-7-5-28(16-36)4-3-6-33-28/h8-12,14-15,18,33H,3-7,16H2,1-2H3,(H,35,37)/t18-,28+/m1/s1. The van der Waals surface area contributed by atoms with Gasteiger partial charge in [-0.1, -0.05) is 0 Å². The fourth-order valence-corrected chi connectivity index (χ4v) is 5.52. The number of nitriles is 1. The lowest BCUT2D eigenvalue weighted by molar-refractivity contribution is 0.0940. The number of rotatable bonds is 5. The fraction of sp³-hybridized carbons (Fsp3) is 0.357. The molecule has 2 fully saturated rings. The molecule has 7 nitrogen and oxygen atoms in total. The van der Waals surface area contributed by atoms with Crippen molar-refractivity contribution >= 4 is 11.6 Å². The molecule has 0 saturated carbocycles. The highest BCUT2D eigenvalue weighted by Gasteiger charge is 2.41. The molecule has 2 N–H and O–H groups in total. The highest BCUT2D eigenvalue weighted by molar-refractivity contribution is 6.03. The van der Waals surface area contributed by atoms with Crippen molar-refractivity contribution in [1.29, 1.82) is 5.26 Å². The van der Waals surface area contributed by atoms with Crippen molar-refractivity contribution in [2.75, 3.05) is 24.5 Å². The molecule has 1 amide bonds. The Labute approximate surface area is 214 Å². The summed E-state index contributed by atoms with van der Waals surface area (Å²) in [7, 11) is 0. The topological polar surface area (TPSA) is 93.9 Å².